The lowest BCUT2D eigenvalue weighted by molar-refractivity contribution is -0.111. The van der Waals surface area contributed by atoms with E-state index in [-0.39, 0.29) is 11.3 Å². The van der Waals surface area contributed by atoms with Gasteiger partial charge in [0, 0.05) is 13.0 Å². The second kappa shape index (κ2) is 6.41. The third kappa shape index (κ3) is 2.80. The molecule has 1 aromatic heterocycles. The zero-order chi connectivity index (χ0) is 16.6. The molecule has 134 valence electrons. The summed E-state index contributed by atoms with van der Waals surface area (Å²) in [5.74, 6) is 2.26. The first kappa shape index (κ1) is 16.5. The van der Waals surface area contributed by atoms with Crippen LogP contribution < -0.4 is 0 Å². The van der Waals surface area contributed by atoms with E-state index in [1.807, 2.05) is 0 Å². The molecule has 0 atom stereocenters. The molecule has 0 bridgehead atoms. The predicted molar refractivity (Wildman–Crippen MR) is 89.8 cm³/mol. The fourth-order valence-corrected chi connectivity index (χ4v) is 5.32. The number of methoxy groups -OCH3 is 1. The van der Waals surface area contributed by atoms with E-state index < -0.39 is 5.60 Å². The van der Waals surface area contributed by atoms with Gasteiger partial charge in [0.15, 0.2) is 5.82 Å². The summed E-state index contributed by atoms with van der Waals surface area (Å²) in [6.45, 7) is 0.669. The lowest BCUT2D eigenvalue weighted by Crippen LogP contribution is -2.49. The lowest BCUT2D eigenvalue weighted by Gasteiger charge is -2.48. The van der Waals surface area contributed by atoms with E-state index in [1.165, 1.54) is 44.9 Å². The molecular formula is C19H30N2O3. The summed E-state index contributed by atoms with van der Waals surface area (Å²) in [4.78, 5) is 4.75. The molecule has 1 heterocycles. The molecule has 24 heavy (non-hydrogen) atoms. The van der Waals surface area contributed by atoms with Gasteiger partial charge in [0.25, 0.3) is 0 Å². The molecule has 0 radical (unpaired) electrons. The second-order valence-electron chi connectivity index (χ2n) is 8.42. The van der Waals surface area contributed by atoms with Crippen LogP contribution in [-0.4, -0.2) is 34.6 Å². The fraction of sp³-hybridized carbons (Fsp3) is 0.895. The molecule has 0 saturated heterocycles. The van der Waals surface area contributed by atoms with Gasteiger partial charge in [-0.1, -0.05) is 37.3 Å². The van der Waals surface area contributed by atoms with Crippen LogP contribution in [0.2, 0.25) is 0 Å². The van der Waals surface area contributed by atoms with Gasteiger partial charge in [-0.3, -0.25) is 0 Å². The van der Waals surface area contributed by atoms with Crippen molar-refractivity contribution >= 4 is 0 Å². The van der Waals surface area contributed by atoms with E-state index in [4.69, 9.17) is 14.2 Å². The van der Waals surface area contributed by atoms with Crippen LogP contribution in [0.3, 0.4) is 0 Å². The molecule has 3 aliphatic carbocycles. The smallest absolute Gasteiger partial charge is 0.229 e. The third-order valence-corrected chi connectivity index (χ3v) is 6.81. The molecule has 0 unspecified atom stereocenters. The van der Waals surface area contributed by atoms with Crippen LogP contribution in [0.1, 0.15) is 88.3 Å². The number of nitrogens with zero attached hydrogens (tertiary/aromatic N) is 2. The molecule has 5 nitrogen and oxygen atoms in total. The summed E-state index contributed by atoms with van der Waals surface area (Å²) < 4.78 is 11.0. The highest BCUT2D eigenvalue weighted by atomic mass is 16.5. The quantitative estimate of drug-likeness (QED) is 0.889. The molecule has 1 N–H and O–H groups in total. The van der Waals surface area contributed by atoms with Crippen molar-refractivity contribution in [2.24, 2.45) is 5.92 Å². The van der Waals surface area contributed by atoms with Crippen LogP contribution >= 0.6 is 0 Å². The summed E-state index contributed by atoms with van der Waals surface area (Å²) in [5.41, 5.74) is -0.544. The summed E-state index contributed by atoms with van der Waals surface area (Å²) in [6, 6.07) is 0. The zero-order valence-corrected chi connectivity index (χ0v) is 14.8. The van der Waals surface area contributed by atoms with Gasteiger partial charge in [0.05, 0.1) is 17.6 Å². The van der Waals surface area contributed by atoms with Crippen molar-refractivity contribution in [2.75, 3.05) is 13.7 Å². The van der Waals surface area contributed by atoms with E-state index >= 15 is 0 Å². The molecule has 0 amide bonds. The Morgan fingerprint density at radius 1 is 1.12 bits per heavy atom. The largest absolute Gasteiger partial charge is 0.390 e. The van der Waals surface area contributed by atoms with Crippen molar-refractivity contribution in [1.29, 1.82) is 0 Å². The van der Waals surface area contributed by atoms with Crippen LogP contribution in [0.15, 0.2) is 4.52 Å². The standard InChI is InChI=1S/C19H30N2O3/c1-23-13-18(9-5-6-10-18)17-20-16(24-21-17)14-11-19(22,12-14)15-7-3-2-4-8-15/h14-15,22H,2-13H2,1H3. The van der Waals surface area contributed by atoms with Crippen molar-refractivity contribution in [3.05, 3.63) is 11.7 Å². The van der Waals surface area contributed by atoms with Crippen molar-refractivity contribution in [1.82, 2.24) is 10.1 Å². The van der Waals surface area contributed by atoms with Crippen LogP contribution in [0, 0.1) is 5.92 Å². The maximum absolute atomic E-state index is 10.9. The molecular weight excluding hydrogens is 304 g/mol. The molecule has 3 fully saturated rings. The van der Waals surface area contributed by atoms with E-state index in [0.717, 1.165) is 37.4 Å². The Labute approximate surface area is 144 Å². The molecule has 0 aliphatic heterocycles. The third-order valence-electron chi connectivity index (χ3n) is 6.81. The number of aromatic nitrogens is 2. The van der Waals surface area contributed by atoms with Gasteiger partial charge < -0.3 is 14.4 Å². The van der Waals surface area contributed by atoms with Gasteiger partial charge in [0.2, 0.25) is 5.89 Å². The van der Waals surface area contributed by atoms with E-state index in [1.54, 1.807) is 7.11 Å². The maximum Gasteiger partial charge on any atom is 0.229 e. The van der Waals surface area contributed by atoms with Crippen molar-refractivity contribution in [2.45, 2.75) is 87.6 Å². The average molecular weight is 334 g/mol. The number of rotatable bonds is 5. The van der Waals surface area contributed by atoms with Gasteiger partial charge >= 0.3 is 0 Å². The summed E-state index contributed by atoms with van der Waals surface area (Å²) in [5, 5.41) is 15.2. The summed E-state index contributed by atoms with van der Waals surface area (Å²) >= 11 is 0. The summed E-state index contributed by atoms with van der Waals surface area (Å²) in [7, 11) is 1.75. The highest BCUT2D eigenvalue weighted by molar-refractivity contribution is 5.15. The first-order chi connectivity index (χ1) is 11.7. The molecule has 0 spiro atoms. The van der Waals surface area contributed by atoms with Crippen molar-refractivity contribution in [3.8, 4) is 0 Å². The Hall–Kier alpha value is -0.940. The maximum atomic E-state index is 10.9. The van der Waals surface area contributed by atoms with Crippen LogP contribution in [0.4, 0.5) is 0 Å². The van der Waals surface area contributed by atoms with Crippen molar-refractivity contribution < 1.29 is 14.4 Å². The molecule has 3 saturated carbocycles. The topological polar surface area (TPSA) is 68.4 Å². The zero-order valence-electron chi connectivity index (χ0n) is 14.8. The lowest BCUT2D eigenvalue weighted by atomic mass is 9.61. The minimum Gasteiger partial charge on any atom is -0.390 e. The van der Waals surface area contributed by atoms with Crippen LogP contribution in [0.5, 0.6) is 0 Å². The van der Waals surface area contributed by atoms with Gasteiger partial charge in [-0.25, -0.2) is 0 Å². The van der Waals surface area contributed by atoms with Crippen LogP contribution in [0.25, 0.3) is 0 Å². The monoisotopic (exact) mass is 334 g/mol. The van der Waals surface area contributed by atoms with Gasteiger partial charge in [-0.2, -0.15) is 4.98 Å². The normalized spacial score (nSPS) is 33.5. The molecule has 5 heteroatoms. The van der Waals surface area contributed by atoms with E-state index in [0.29, 0.717) is 12.5 Å². The van der Waals surface area contributed by atoms with Gasteiger partial charge in [0.1, 0.15) is 0 Å². The highest BCUT2D eigenvalue weighted by Crippen LogP contribution is 2.52. The SMILES string of the molecule is COCC1(c2noc(C3CC(O)(C4CCCCC4)C3)n2)CCCC1. The van der Waals surface area contributed by atoms with Gasteiger partial charge in [-0.15, -0.1) is 0 Å². The van der Waals surface area contributed by atoms with Gasteiger partial charge in [-0.05, 0) is 44.4 Å². The Bertz CT molecular complexity index is 553. The second-order valence-corrected chi connectivity index (χ2v) is 8.42. The first-order valence-electron chi connectivity index (χ1n) is 9.71. The number of hydrogen-bond acceptors (Lipinski definition) is 5. The molecule has 0 aromatic carbocycles. The Morgan fingerprint density at radius 3 is 2.50 bits per heavy atom. The van der Waals surface area contributed by atoms with E-state index in [2.05, 4.69) is 5.16 Å². The molecule has 1 aromatic rings. The Balaban J connectivity index is 1.43. The molecule has 4 rings (SSSR count). The van der Waals surface area contributed by atoms with Crippen LogP contribution in [-0.2, 0) is 10.2 Å². The predicted octanol–water partition coefficient (Wildman–Crippen LogP) is 3.72. The Kier molecular flexibility index (Phi) is 4.42. The Morgan fingerprint density at radius 2 is 1.83 bits per heavy atom. The minimum atomic E-state index is -0.489. The summed E-state index contributed by atoms with van der Waals surface area (Å²) in [6.07, 6.45) is 12.4. The number of aliphatic hydroxyl groups is 1. The first-order valence-corrected chi connectivity index (χ1v) is 9.71. The van der Waals surface area contributed by atoms with E-state index in [9.17, 15) is 5.11 Å². The minimum absolute atomic E-state index is 0.0556. The fourth-order valence-electron chi connectivity index (χ4n) is 5.32. The van der Waals surface area contributed by atoms with Crippen molar-refractivity contribution in [3.63, 3.8) is 0 Å². The average Bonchev–Trinajstić information content (AvgIpc) is 3.23. The highest BCUT2D eigenvalue weighted by Gasteiger charge is 2.51. The molecule has 3 aliphatic rings. The number of ether oxygens (including phenoxy) is 1. The number of hydrogen-bond donors (Lipinski definition) is 1.